The van der Waals surface area contributed by atoms with E-state index < -0.39 is 36.5 Å². The van der Waals surface area contributed by atoms with Gasteiger partial charge in [0.1, 0.15) is 5.75 Å². The van der Waals surface area contributed by atoms with Crippen LogP contribution in [0.1, 0.15) is 49.2 Å². The number of alkyl halides is 3. The van der Waals surface area contributed by atoms with Gasteiger partial charge in [-0.25, -0.2) is 0 Å². The molecule has 0 saturated carbocycles. The van der Waals surface area contributed by atoms with Crippen molar-refractivity contribution in [2.75, 3.05) is 0 Å². The van der Waals surface area contributed by atoms with E-state index in [1.807, 2.05) is 20.8 Å². The van der Waals surface area contributed by atoms with E-state index in [0.29, 0.717) is 5.56 Å². The summed E-state index contributed by atoms with van der Waals surface area (Å²) in [5.41, 5.74) is 0.226. The molecule has 0 bridgehead atoms. The number of hydrogen-bond donors (Lipinski definition) is 2. The van der Waals surface area contributed by atoms with Gasteiger partial charge in [0.05, 0.1) is 29.8 Å². The van der Waals surface area contributed by atoms with Gasteiger partial charge in [-0.1, -0.05) is 12.1 Å². The number of halogens is 3. The third-order valence-electron chi connectivity index (χ3n) is 3.73. The van der Waals surface area contributed by atoms with Gasteiger partial charge < -0.3 is 15.2 Å². The summed E-state index contributed by atoms with van der Waals surface area (Å²) < 4.78 is 42.1. The molecule has 0 aliphatic heterocycles. The van der Waals surface area contributed by atoms with Gasteiger partial charge >= 0.3 is 12.3 Å². The number of ether oxygens (including phenoxy) is 1. The van der Waals surface area contributed by atoms with Crippen LogP contribution < -0.4 is 10.1 Å². The minimum Gasteiger partial charge on any atom is -0.481 e. The molecule has 1 unspecified atom stereocenters. The number of rotatable bonds is 6. The van der Waals surface area contributed by atoms with Crippen molar-refractivity contribution in [2.24, 2.45) is 0 Å². The van der Waals surface area contributed by atoms with E-state index in [0.717, 1.165) is 12.1 Å². The van der Waals surface area contributed by atoms with Crippen LogP contribution in [0, 0.1) is 0 Å². The number of aromatic nitrogens is 2. The minimum absolute atomic E-state index is 0.238. The fourth-order valence-corrected chi connectivity index (χ4v) is 2.38. The summed E-state index contributed by atoms with van der Waals surface area (Å²) in [5.74, 6) is -2.16. The van der Waals surface area contributed by atoms with Gasteiger partial charge in [0, 0.05) is 6.20 Å². The SMILES string of the molecule is CC(C)(C)n1cc(C(=O)NC(CC(=O)O)c2ccc(OC(F)(F)F)cc2)cn1. The second-order valence-corrected chi connectivity index (χ2v) is 7.09. The number of hydrogen-bond acceptors (Lipinski definition) is 4. The monoisotopic (exact) mass is 399 g/mol. The van der Waals surface area contributed by atoms with E-state index in [1.165, 1.54) is 24.5 Å². The highest BCUT2D eigenvalue weighted by Crippen LogP contribution is 2.25. The highest BCUT2D eigenvalue weighted by Gasteiger charge is 2.31. The molecule has 1 aromatic heterocycles. The van der Waals surface area contributed by atoms with Gasteiger partial charge in [-0.3, -0.25) is 14.3 Å². The Morgan fingerprint density at radius 2 is 1.82 bits per heavy atom. The maximum Gasteiger partial charge on any atom is 0.573 e. The van der Waals surface area contributed by atoms with E-state index in [1.54, 1.807) is 4.68 Å². The number of benzene rings is 1. The summed E-state index contributed by atoms with van der Waals surface area (Å²) in [6, 6.07) is 3.72. The van der Waals surface area contributed by atoms with Crippen LogP contribution >= 0.6 is 0 Å². The molecule has 152 valence electrons. The van der Waals surface area contributed by atoms with Crippen molar-refractivity contribution in [3.63, 3.8) is 0 Å². The molecule has 1 aromatic carbocycles. The second-order valence-electron chi connectivity index (χ2n) is 7.09. The number of amides is 1. The first kappa shape index (κ1) is 21.3. The zero-order valence-corrected chi connectivity index (χ0v) is 15.4. The number of carboxylic acids is 1. The maximum absolute atomic E-state index is 12.5. The topological polar surface area (TPSA) is 93.5 Å². The van der Waals surface area contributed by atoms with Crippen molar-refractivity contribution in [1.29, 1.82) is 0 Å². The van der Waals surface area contributed by atoms with Gasteiger partial charge in [-0.15, -0.1) is 13.2 Å². The molecule has 10 heteroatoms. The Morgan fingerprint density at radius 3 is 2.29 bits per heavy atom. The maximum atomic E-state index is 12.5. The fourth-order valence-electron chi connectivity index (χ4n) is 2.38. The van der Waals surface area contributed by atoms with Crippen molar-refractivity contribution >= 4 is 11.9 Å². The molecule has 0 radical (unpaired) electrons. The molecule has 0 fully saturated rings. The van der Waals surface area contributed by atoms with Gasteiger partial charge in [0.25, 0.3) is 5.91 Å². The molecule has 2 aromatic rings. The number of aliphatic carboxylic acids is 1. The predicted octanol–water partition coefficient (Wildman–Crippen LogP) is 3.48. The lowest BCUT2D eigenvalue weighted by atomic mass is 10.0. The van der Waals surface area contributed by atoms with E-state index in [9.17, 15) is 22.8 Å². The Labute approximate surface area is 159 Å². The Balaban J connectivity index is 2.18. The Bertz CT molecular complexity index is 839. The minimum atomic E-state index is -4.83. The summed E-state index contributed by atoms with van der Waals surface area (Å²) in [4.78, 5) is 23.6. The molecule has 0 spiro atoms. The molecule has 1 amide bonds. The van der Waals surface area contributed by atoms with Crippen molar-refractivity contribution in [3.05, 3.63) is 47.8 Å². The number of carbonyl (C=O) groups is 2. The van der Waals surface area contributed by atoms with Crippen molar-refractivity contribution < 1.29 is 32.6 Å². The zero-order valence-electron chi connectivity index (χ0n) is 15.4. The standard InChI is InChI=1S/C18H20F3N3O4/c1-17(2,3)24-10-12(9-22-24)16(27)23-14(8-15(25)26)11-4-6-13(7-5-11)28-18(19,20)21/h4-7,9-10,14H,8H2,1-3H3,(H,23,27)(H,25,26). The van der Waals surface area contributed by atoms with Crippen LogP contribution in [-0.2, 0) is 10.3 Å². The molecule has 28 heavy (non-hydrogen) atoms. The summed E-state index contributed by atoms with van der Waals surface area (Å²) in [5, 5.41) is 15.8. The normalized spacial score (nSPS) is 13.1. The Hall–Kier alpha value is -3.04. The number of nitrogens with zero attached hydrogens (tertiary/aromatic N) is 2. The van der Waals surface area contributed by atoms with Crippen molar-refractivity contribution in [1.82, 2.24) is 15.1 Å². The first-order valence-electron chi connectivity index (χ1n) is 8.28. The summed E-state index contributed by atoms with van der Waals surface area (Å²) >= 11 is 0. The molecule has 1 heterocycles. The van der Waals surface area contributed by atoms with Crippen LogP contribution in [0.2, 0.25) is 0 Å². The lowest BCUT2D eigenvalue weighted by molar-refractivity contribution is -0.274. The first-order valence-corrected chi connectivity index (χ1v) is 8.28. The average molecular weight is 399 g/mol. The quantitative estimate of drug-likeness (QED) is 0.776. The third-order valence-corrected chi connectivity index (χ3v) is 3.73. The second kappa shape index (κ2) is 7.91. The van der Waals surface area contributed by atoms with E-state index in [2.05, 4.69) is 15.2 Å². The summed E-state index contributed by atoms with van der Waals surface area (Å²) in [6.45, 7) is 5.71. The molecule has 0 aliphatic carbocycles. The van der Waals surface area contributed by atoms with Crippen LogP contribution in [0.3, 0.4) is 0 Å². The van der Waals surface area contributed by atoms with Gasteiger partial charge in [-0.2, -0.15) is 5.10 Å². The molecule has 7 nitrogen and oxygen atoms in total. The van der Waals surface area contributed by atoms with Crippen molar-refractivity contribution in [3.8, 4) is 5.75 Å². The molecular formula is C18H20F3N3O4. The smallest absolute Gasteiger partial charge is 0.481 e. The van der Waals surface area contributed by atoms with Gasteiger partial charge in [-0.05, 0) is 38.5 Å². The van der Waals surface area contributed by atoms with E-state index in [4.69, 9.17) is 5.11 Å². The zero-order chi connectivity index (χ0) is 21.1. The highest BCUT2D eigenvalue weighted by atomic mass is 19.4. The highest BCUT2D eigenvalue weighted by molar-refractivity contribution is 5.94. The molecule has 2 rings (SSSR count). The third kappa shape index (κ3) is 6.00. The summed E-state index contributed by atoms with van der Waals surface area (Å²) in [7, 11) is 0. The van der Waals surface area contributed by atoms with Crippen LogP contribution in [0.4, 0.5) is 13.2 Å². The van der Waals surface area contributed by atoms with Gasteiger partial charge in [0.2, 0.25) is 0 Å². The number of carboxylic acid groups (broad SMARTS) is 1. The largest absolute Gasteiger partial charge is 0.573 e. The molecule has 2 N–H and O–H groups in total. The number of nitrogens with one attached hydrogen (secondary N) is 1. The average Bonchev–Trinajstić information content (AvgIpc) is 3.03. The lowest BCUT2D eigenvalue weighted by Gasteiger charge is -2.19. The van der Waals surface area contributed by atoms with Crippen molar-refractivity contribution in [2.45, 2.75) is 45.1 Å². The van der Waals surface area contributed by atoms with Crippen LogP contribution in [0.5, 0.6) is 5.75 Å². The van der Waals surface area contributed by atoms with E-state index in [-0.39, 0.29) is 11.1 Å². The van der Waals surface area contributed by atoms with E-state index >= 15 is 0 Å². The first-order chi connectivity index (χ1) is 12.8. The van der Waals surface area contributed by atoms with Crippen LogP contribution in [0.15, 0.2) is 36.7 Å². The van der Waals surface area contributed by atoms with Crippen LogP contribution in [-0.4, -0.2) is 33.1 Å². The Morgan fingerprint density at radius 1 is 1.21 bits per heavy atom. The molecule has 1 atom stereocenters. The molecule has 0 saturated heterocycles. The van der Waals surface area contributed by atoms with Gasteiger partial charge in [0.15, 0.2) is 0 Å². The Kier molecular flexibility index (Phi) is 6.01. The number of carbonyl (C=O) groups excluding carboxylic acids is 1. The lowest BCUT2D eigenvalue weighted by Crippen LogP contribution is -2.30. The fraction of sp³-hybridized carbons (Fsp3) is 0.389. The molecule has 0 aliphatic rings. The van der Waals surface area contributed by atoms with Crippen LogP contribution in [0.25, 0.3) is 0 Å². The summed E-state index contributed by atoms with van der Waals surface area (Å²) in [6.07, 6.45) is -2.38. The predicted molar refractivity (Wildman–Crippen MR) is 92.8 cm³/mol. The molecular weight excluding hydrogens is 379 g/mol.